The van der Waals surface area contributed by atoms with Gasteiger partial charge >= 0.3 is 6.09 Å². The van der Waals surface area contributed by atoms with E-state index in [9.17, 15) is 32.4 Å². The SMILES string of the molecule is CC[C@@H]1C[C@]1(NC(=O)[C@@H]1C[C@@H]2CN1C(=O)[C@H](C(C)(C)C)NC(=O)OCCCCC/C=C\c1ccccc1CCC(=O)N2)C(=O)NS(=O)(=O)C1CC1. The van der Waals surface area contributed by atoms with Crippen LogP contribution in [0.3, 0.4) is 0 Å². The Kier molecular flexibility index (Phi) is 11.8. The summed E-state index contributed by atoms with van der Waals surface area (Å²) >= 11 is 0. The van der Waals surface area contributed by atoms with E-state index >= 15 is 0 Å². The minimum absolute atomic E-state index is 0.00223. The second kappa shape index (κ2) is 15.7. The van der Waals surface area contributed by atoms with Gasteiger partial charge in [0, 0.05) is 19.0 Å². The Hall–Kier alpha value is -3.94. The molecule has 14 heteroatoms. The van der Waals surface area contributed by atoms with Gasteiger partial charge in [-0.15, -0.1) is 0 Å². The van der Waals surface area contributed by atoms with E-state index < -0.39 is 68.2 Å². The van der Waals surface area contributed by atoms with Gasteiger partial charge in [0.05, 0.1) is 11.9 Å². The molecule has 1 aromatic rings. The van der Waals surface area contributed by atoms with Crippen LogP contribution in [0.15, 0.2) is 30.3 Å². The minimum Gasteiger partial charge on any atom is -0.450 e. The van der Waals surface area contributed by atoms with Crippen LogP contribution < -0.4 is 20.7 Å². The summed E-state index contributed by atoms with van der Waals surface area (Å²) in [6.07, 6.45) is 9.21. The van der Waals surface area contributed by atoms with Crippen molar-refractivity contribution in [2.24, 2.45) is 11.3 Å². The van der Waals surface area contributed by atoms with Gasteiger partial charge in [-0.05, 0) is 80.2 Å². The number of hydrogen-bond donors (Lipinski definition) is 4. The first-order chi connectivity index (χ1) is 24.1. The zero-order valence-corrected chi connectivity index (χ0v) is 31.0. The number of fused-ring (bicyclic) bond motifs is 3. The van der Waals surface area contributed by atoms with Gasteiger partial charge in [-0.1, -0.05) is 70.5 Å². The van der Waals surface area contributed by atoms with Crippen molar-refractivity contribution in [2.75, 3.05) is 13.2 Å². The molecule has 0 unspecified atom stereocenters. The van der Waals surface area contributed by atoms with Crippen LogP contribution in [0.25, 0.3) is 6.08 Å². The summed E-state index contributed by atoms with van der Waals surface area (Å²) in [4.78, 5) is 69.5. The Morgan fingerprint density at radius 1 is 1.04 bits per heavy atom. The highest BCUT2D eigenvalue weighted by Crippen LogP contribution is 2.47. The van der Waals surface area contributed by atoms with Crippen molar-refractivity contribution < 1.29 is 37.1 Å². The Bertz CT molecular complexity index is 1630. The van der Waals surface area contributed by atoms with Gasteiger partial charge in [-0.25, -0.2) is 13.2 Å². The van der Waals surface area contributed by atoms with Gasteiger partial charge < -0.3 is 25.6 Å². The maximum absolute atomic E-state index is 14.3. The molecule has 0 aromatic heterocycles. The molecule has 1 aromatic carbocycles. The maximum atomic E-state index is 14.3. The zero-order valence-electron chi connectivity index (χ0n) is 30.2. The predicted octanol–water partition coefficient (Wildman–Crippen LogP) is 3.33. The lowest BCUT2D eigenvalue weighted by Gasteiger charge is -2.35. The largest absolute Gasteiger partial charge is 0.450 e. The molecule has 2 bridgehead atoms. The number of aryl methyl sites for hydroxylation is 1. The number of hydrogen-bond acceptors (Lipinski definition) is 8. The Morgan fingerprint density at radius 2 is 1.78 bits per heavy atom. The van der Waals surface area contributed by atoms with Crippen molar-refractivity contribution in [3.63, 3.8) is 0 Å². The minimum atomic E-state index is -3.86. The van der Waals surface area contributed by atoms with E-state index in [4.69, 9.17) is 4.74 Å². The fourth-order valence-corrected chi connectivity index (χ4v) is 8.45. The third-order valence-corrected chi connectivity index (χ3v) is 12.2. The van der Waals surface area contributed by atoms with Crippen LogP contribution in [-0.2, 0) is 40.4 Å². The third kappa shape index (κ3) is 9.49. The van der Waals surface area contributed by atoms with Gasteiger partial charge in [0.15, 0.2) is 0 Å². The molecule has 5 rings (SSSR count). The first kappa shape index (κ1) is 38.3. The number of rotatable bonds is 6. The molecule has 0 spiro atoms. The smallest absolute Gasteiger partial charge is 0.407 e. The first-order valence-corrected chi connectivity index (χ1v) is 19.8. The number of allylic oxidation sites excluding steroid dienone is 1. The average Bonchev–Trinajstić information content (AvgIpc) is 4.00. The summed E-state index contributed by atoms with van der Waals surface area (Å²) in [5.74, 6) is -2.45. The summed E-state index contributed by atoms with van der Waals surface area (Å²) in [5, 5.41) is 7.95. The first-order valence-electron chi connectivity index (χ1n) is 18.3. The Morgan fingerprint density at radius 3 is 2.47 bits per heavy atom. The van der Waals surface area contributed by atoms with E-state index in [0.29, 0.717) is 32.1 Å². The fraction of sp³-hybridized carbons (Fsp3) is 0.649. The van der Waals surface area contributed by atoms with E-state index in [1.807, 2.05) is 31.2 Å². The van der Waals surface area contributed by atoms with E-state index in [0.717, 1.165) is 30.4 Å². The van der Waals surface area contributed by atoms with Crippen LogP contribution in [0.2, 0.25) is 0 Å². The normalized spacial score (nSPS) is 28.9. The highest BCUT2D eigenvalue weighted by Gasteiger charge is 2.62. The lowest BCUT2D eigenvalue weighted by Crippen LogP contribution is -2.60. The number of benzene rings is 1. The van der Waals surface area contributed by atoms with Crippen LogP contribution in [-0.4, -0.2) is 85.1 Å². The molecular weight excluding hydrogens is 675 g/mol. The number of carbonyl (C=O) groups is 5. The lowest BCUT2D eigenvalue weighted by molar-refractivity contribution is -0.142. The quantitative estimate of drug-likeness (QED) is 0.345. The van der Waals surface area contributed by atoms with Gasteiger partial charge in [-0.2, -0.15) is 0 Å². The molecule has 4 N–H and O–H groups in total. The van der Waals surface area contributed by atoms with Gasteiger partial charge in [-0.3, -0.25) is 23.9 Å². The number of alkyl carbamates (subject to hydrolysis) is 1. The lowest BCUT2D eigenvalue weighted by atomic mass is 9.85. The summed E-state index contributed by atoms with van der Waals surface area (Å²) in [5.41, 5.74) is -0.148. The second-order valence-electron chi connectivity index (χ2n) is 15.5. The fourth-order valence-electron chi connectivity index (χ4n) is 7.09. The predicted molar refractivity (Wildman–Crippen MR) is 191 cm³/mol. The molecule has 3 fully saturated rings. The molecule has 2 aliphatic heterocycles. The van der Waals surface area contributed by atoms with E-state index in [-0.39, 0.29) is 44.2 Å². The number of carbonyl (C=O) groups excluding carboxylic acids is 5. The summed E-state index contributed by atoms with van der Waals surface area (Å²) in [6, 6.07) is 5.14. The van der Waals surface area contributed by atoms with Crippen molar-refractivity contribution in [1.29, 1.82) is 0 Å². The monoisotopic (exact) mass is 727 g/mol. The molecule has 5 amide bonds. The maximum Gasteiger partial charge on any atom is 0.407 e. The van der Waals surface area contributed by atoms with Crippen molar-refractivity contribution in [3.05, 3.63) is 41.5 Å². The van der Waals surface area contributed by atoms with Crippen LogP contribution >= 0.6 is 0 Å². The topological polar surface area (TPSA) is 180 Å². The van der Waals surface area contributed by atoms with E-state index in [2.05, 4.69) is 32.8 Å². The van der Waals surface area contributed by atoms with Crippen LogP contribution in [0.4, 0.5) is 4.79 Å². The van der Waals surface area contributed by atoms with Crippen LogP contribution in [0.1, 0.15) is 103 Å². The van der Waals surface area contributed by atoms with Gasteiger partial charge in [0.1, 0.15) is 17.6 Å². The molecule has 51 heavy (non-hydrogen) atoms. The zero-order chi connectivity index (χ0) is 37.0. The second-order valence-corrected chi connectivity index (χ2v) is 17.4. The number of cyclic esters (lactones) is 1. The number of sulfonamides is 1. The number of nitrogens with one attached hydrogen (secondary N) is 4. The van der Waals surface area contributed by atoms with Crippen molar-refractivity contribution in [2.45, 2.75) is 127 Å². The molecule has 1 saturated heterocycles. The van der Waals surface area contributed by atoms with Crippen molar-refractivity contribution in [1.82, 2.24) is 25.6 Å². The van der Waals surface area contributed by atoms with Gasteiger partial charge in [0.25, 0.3) is 5.91 Å². The standard InChI is InChI=1S/C37H53N5O8S/c1-5-26-22-37(26,34(46)41-51(48,49)28-17-18-28)40-32(44)29-21-27-23-42(29)33(45)31(36(2,3)4)39-35(47)50-20-12-8-6-7-9-13-24-14-10-11-15-25(24)16-19-30(43)38-27/h9-11,13-15,26-29,31H,5-8,12,16-23H2,1-4H3,(H,38,43)(H,39,47)(H,40,44)(H,41,46)/b13-9-/t26-,27-,29+,31-,37-/m1/s1. The number of amides is 5. The highest BCUT2D eigenvalue weighted by molar-refractivity contribution is 7.91. The van der Waals surface area contributed by atoms with E-state index in [1.165, 1.54) is 4.90 Å². The molecule has 2 heterocycles. The average molecular weight is 728 g/mol. The molecule has 2 saturated carbocycles. The Labute approximate surface area is 301 Å². The molecule has 0 radical (unpaired) electrons. The summed E-state index contributed by atoms with van der Waals surface area (Å²) in [7, 11) is -3.86. The summed E-state index contributed by atoms with van der Waals surface area (Å²) < 4.78 is 32.9. The van der Waals surface area contributed by atoms with Crippen LogP contribution in [0.5, 0.6) is 0 Å². The number of ether oxygens (including phenoxy) is 1. The summed E-state index contributed by atoms with van der Waals surface area (Å²) in [6.45, 7) is 7.43. The Balaban J connectivity index is 1.39. The van der Waals surface area contributed by atoms with Crippen molar-refractivity contribution >= 4 is 45.8 Å². The molecule has 280 valence electrons. The third-order valence-electron chi connectivity index (χ3n) is 10.4. The van der Waals surface area contributed by atoms with Gasteiger partial charge in [0.2, 0.25) is 27.7 Å². The molecule has 13 nitrogen and oxygen atoms in total. The molecule has 5 atom stereocenters. The molecule has 4 aliphatic rings. The van der Waals surface area contributed by atoms with Crippen LogP contribution in [0, 0.1) is 11.3 Å². The molecular formula is C37H53N5O8S. The van der Waals surface area contributed by atoms with Crippen molar-refractivity contribution in [3.8, 4) is 0 Å². The highest BCUT2D eigenvalue weighted by atomic mass is 32.2. The van der Waals surface area contributed by atoms with E-state index in [1.54, 1.807) is 20.8 Å². The molecule has 2 aliphatic carbocycles. The number of nitrogens with zero attached hydrogens (tertiary/aromatic N) is 1.